The predicted octanol–water partition coefficient (Wildman–Crippen LogP) is 4.39. The summed E-state index contributed by atoms with van der Waals surface area (Å²) in [7, 11) is 2.14. The van der Waals surface area contributed by atoms with Crippen LogP contribution in [0.5, 0.6) is 6.01 Å². The zero-order valence-electron chi connectivity index (χ0n) is 25.3. The summed E-state index contributed by atoms with van der Waals surface area (Å²) >= 11 is 0. The molecule has 11 nitrogen and oxygen atoms in total. The quantitative estimate of drug-likeness (QED) is 0.448. The van der Waals surface area contributed by atoms with E-state index in [0.717, 1.165) is 61.5 Å². The fraction of sp³-hybridized carbons (Fsp3) is 0.600. The molecule has 0 atom stereocenters. The van der Waals surface area contributed by atoms with Crippen molar-refractivity contribution in [1.82, 2.24) is 29.4 Å². The average Bonchev–Trinajstić information content (AvgIpc) is 3.37. The number of carbonyl (C=O) groups is 1. The lowest BCUT2D eigenvalue weighted by molar-refractivity contribution is 0.0240. The molecule has 0 spiro atoms. The Hall–Kier alpha value is -3.60. The maximum absolute atomic E-state index is 12.5. The minimum atomic E-state index is -0.499. The summed E-state index contributed by atoms with van der Waals surface area (Å²) in [5, 5.41) is 8.14. The van der Waals surface area contributed by atoms with Gasteiger partial charge in [-0.25, -0.2) is 4.79 Å². The number of benzene rings is 1. The van der Waals surface area contributed by atoms with E-state index in [-0.39, 0.29) is 18.1 Å². The van der Waals surface area contributed by atoms with Gasteiger partial charge in [-0.3, -0.25) is 0 Å². The number of anilines is 2. The van der Waals surface area contributed by atoms with Crippen molar-refractivity contribution in [3.05, 3.63) is 41.6 Å². The third-order valence-electron chi connectivity index (χ3n) is 7.64. The van der Waals surface area contributed by atoms with E-state index in [1.54, 1.807) is 9.42 Å². The Labute approximate surface area is 242 Å². The molecular formula is C30H44N8O3. The summed E-state index contributed by atoms with van der Waals surface area (Å²) in [6.45, 7) is 15.2. The van der Waals surface area contributed by atoms with E-state index in [1.165, 1.54) is 0 Å². The molecule has 1 aromatic carbocycles. The van der Waals surface area contributed by atoms with Crippen LogP contribution in [0.2, 0.25) is 0 Å². The van der Waals surface area contributed by atoms with E-state index in [9.17, 15) is 4.79 Å². The predicted molar refractivity (Wildman–Crippen MR) is 160 cm³/mol. The number of ether oxygens (including phenoxy) is 2. The molecule has 11 heteroatoms. The van der Waals surface area contributed by atoms with Crippen LogP contribution >= 0.6 is 0 Å². The molecule has 0 saturated carbocycles. The molecule has 0 radical (unpaired) electrons. The van der Waals surface area contributed by atoms with Crippen LogP contribution in [0, 0.1) is 0 Å². The highest BCUT2D eigenvalue weighted by Gasteiger charge is 2.27. The number of hydrogen-bond donors (Lipinski definition) is 1. The van der Waals surface area contributed by atoms with Crippen molar-refractivity contribution >= 4 is 23.4 Å². The third-order valence-corrected chi connectivity index (χ3v) is 7.64. The Morgan fingerprint density at radius 1 is 1.05 bits per heavy atom. The van der Waals surface area contributed by atoms with Crippen molar-refractivity contribution in [3.8, 4) is 6.01 Å². The number of para-hydroxylation sites is 1. The number of likely N-dealkylation sites (tertiary alicyclic amines) is 1. The molecule has 2 fully saturated rings. The topological polar surface area (TPSA) is 100 Å². The van der Waals surface area contributed by atoms with Crippen molar-refractivity contribution in [2.24, 2.45) is 0 Å². The van der Waals surface area contributed by atoms with Gasteiger partial charge in [0.05, 0.1) is 6.20 Å². The van der Waals surface area contributed by atoms with Crippen molar-refractivity contribution in [3.63, 3.8) is 0 Å². The molecule has 1 amide bonds. The first-order valence-electron chi connectivity index (χ1n) is 14.7. The van der Waals surface area contributed by atoms with Gasteiger partial charge in [-0.15, -0.1) is 0 Å². The second-order valence-corrected chi connectivity index (χ2v) is 12.4. The number of fused-ring (bicyclic) bond motifs is 1. The molecule has 5 rings (SSSR count). The molecule has 4 heterocycles. The number of carbonyl (C=O) groups excluding carboxylic acids is 1. The van der Waals surface area contributed by atoms with Crippen LogP contribution in [0.25, 0.3) is 5.65 Å². The number of piperidine rings is 1. The summed E-state index contributed by atoms with van der Waals surface area (Å²) in [6, 6.07) is 8.75. The number of piperazine rings is 1. The summed E-state index contributed by atoms with van der Waals surface area (Å²) in [5.74, 6) is 0.876. The van der Waals surface area contributed by atoms with Gasteiger partial charge < -0.3 is 29.5 Å². The Bertz CT molecular complexity index is 1340. The molecule has 0 unspecified atom stereocenters. The standard InChI is InChI=1S/C30H44N8O3/c1-21(2)24-20-32-38-26(24)33-28(40-23-11-13-35(6)14-12-23)34-27(38)31-19-22-9-7-8-10-25(22)36-15-17-37(18-16-36)29(39)41-30(3,4)5/h7-10,20-21,23H,11-19H2,1-6H3,(H,31,33,34). The molecular weight excluding hydrogens is 520 g/mol. The first kappa shape index (κ1) is 28.9. The highest BCUT2D eigenvalue weighted by atomic mass is 16.6. The lowest BCUT2D eigenvalue weighted by Crippen LogP contribution is -2.50. The smallest absolute Gasteiger partial charge is 0.410 e. The monoisotopic (exact) mass is 564 g/mol. The van der Waals surface area contributed by atoms with E-state index >= 15 is 0 Å². The minimum absolute atomic E-state index is 0.104. The van der Waals surface area contributed by atoms with Crippen LogP contribution in [-0.4, -0.2) is 93.5 Å². The van der Waals surface area contributed by atoms with E-state index in [4.69, 9.17) is 19.4 Å². The lowest BCUT2D eigenvalue weighted by Gasteiger charge is -2.37. The lowest BCUT2D eigenvalue weighted by atomic mass is 10.1. The van der Waals surface area contributed by atoms with Crippen molar-refractivity contribution < 1.29 is 14.3 Å². The van der Waals surface area contributed by atoms with Crippen LogP contribution in [0.1, 0.15) is 64.5 Å². The number of amides is 1. The van der Waals surface area contributed by atoms with Crippen LogP contribution in [-0.2, 0) is 11.3 Å². The van der Waals surface area contributed by atoms with Crippen LogP contribution in [0.3, 0.4) is 0 Å². The largest absolute Gasteiger partial charge is 0.460 e. The maximum atomic E-state index is 12.5. The number of hydrogen-bond acceptors (Lipinski definition) is 9. The SMILES string of the molecule is CC(C)c1cnn2c(NCc3ccccc3N3CCN(C(=O)OC(C)(C)C)CC3)nc(OC3CCN(C)CC3)nc12. The normalized spacial score (nSPS) is 17.3. The highest BCUT2D eigenvalue weighted by Crippen LogP contribution is 2.27. The average molecular weight is 565 g/mol. The van der Waals surface area contributed by atoms with Crippen LogP contribution < -0.4 is 15.0 Å². The van der Waals surface area contributed by atoms with Gasteiger partial charge in [0.1, 0.15) is 11.7 Å². The van der Waals surface area contributed by atoms with Gasteiger partial charge in [0, 0.05) is 57.1 Å². The van der Waals surface area contributed by atoms with Gasteiger partial charge >= 0.3 is 12.1 Å². The molecule has 2 saturated heterocycles. The Morgan fingerprint density at radius 3 is 2.44 bits per heavy atom. The van der Waals surface area contributed by atoms with Gasteiger partial charge in [0.2, 0.25) is 5.95 Å². The zero-order chi connectivity index (χ0) is 29.1. The number of rotatable bonds is 7. The summed E-state index contributed by atoms with van der Waals surface area (Å²) < 4.78 is 13.7. The maximum Gasteiger partial charge on any atom is 0.410 e. The number of nitrogens with zero attached hydrogens (tertiary/aromatic N) is 7. The third kappa shape index (κ3) is 7.01. The van der Waals surface area contributed by atoms with E-state index in [1.807, 2.05) is 33.0 Å². The number of nitrogens with one attached hydrogen (secondary N) is 1. The van der Waals surface area contributed by atoms with E-state index in [2.05, 4.69) is 59.3 Å². The Kier molecular flexibility index (Phi) is 8.53. The van der Waals surface area contributed by atoms with Crippen LogP contribution in [0.4, 0.5) is 16.4 Å². The molecule has 3 aromatic rings. The summed E-state index contributed by atoms with van der Waals surface area (Å²) in [6.07, 6.45) is 3.64. The first-order chi connectivity index (χ1) is 19.6. The van der Waals surface area contributed by atoms with Crippen LogP contribution in [0.15, 0.2) is 30.5 Å². The summed E-state index contributed by atoms with van der Waals surface area (Å²) in [5.41, 5.74) is 3.61. The fourth-order valence-electron chi connectivity index (χ4n) is 5.30. The van der Waals surface area contributed by atoms with Gasteiger partial charge in [-0.1, -0.05) is 32.0 Å². The summed E-state index contributed by atoms with van der Waals surface area (Å²) in [4.78, 5) is 28.5. The highest BCUT2D eigenvalue weighted by molar-refractivity contribution is 5.69. The molecule has 2 aromatic heterocycles. The Morgan fingerprint density at radius 2 is 1.76 bits per heavy atom. The first-order valence-corrected chi connectivity index (χ1v) is 14.7. The van der Waals surface area contributed by atoms with Gasteiger partial charge in [-0.05, 0) is 58.2 Å². The molecule has 0 aliphatic carbocycles. The molecule has 41 heavy (non-hydrogen) atoms. The van der Waals surface area contributed by atoms with Crippen molar-refractivity contribution in [2.75, 3.05) is 56.5 Å². The molecule has 2 aliphatic heterocycles. The van der Waals surface area contributed by atoms with Crippen molar-refractivity contribution in [2.45, 2.75) is 71.6 Å². The molecule has 2 aliphatic rings. The van der Waals surface area contributed by atoms with Gasteiger partial charge in [-0.2, -0.15) is 19.6 Å². The van der Waals surface area contributed by atoms with E-state index < -0.39 is 5.60 Å². The molecule has 0 bridgehead atoms. The second kappa shape index (κ2) is 12.1. The number of aromatic nitrogens is 4. The van der Waals surface area contributed by atoms with Gasteiger partial charge in [0.25, 0.3) is 0 Å². The second-order valence-electron chi connectivity index (χ2n) is 12.4. The zero-order valence-corrected chi connectivity index (χ0v) is 25.3. The van der Waals surface area contributed by atoms with Crippen molar-refractivity contribution in [1.29, 1.82) is 0 Å². The molecule has 1 N–H and O–H groups in total. The van der Waals surface area contributed by atoms with E-state index in [0.29, 0.717) is 31.6 Å². The molecule has 222 valence electrons. The fourth-order valence-corrected chi connectivity index (χ4v) is 5.30. The minimum Gasteiger partial charge on any atom is -0.460 e. The Balaban J connectivity index is 1.32. The van der Waals surface area contributed by atoms with Gasteiger partial charge in [0.15, 0.2) is 5.65 Å².